The van der Waals surface area contributed by atoms with Crippen LogP contribution in [0.15, 0.2) is 12.5 Å². The maximum Gasteiger partial charge on any atom is 0.439 e. The molecule has 8 nitrogen and oxygen atoms in total. The van der Waals surface area contributed by atoms with Crippen LogP contribution < -0.4 is 9.71 Å². The third-order valence-corrected chi connectivity index (χ3v) is 2.43. The van der Waals surface area contributed by atoms with E-state index in [0.717, 1.165) is 12.5 Å². The third-order valence-electron chi connectivity index (χ3n) is 1.68. The number of H-pyrrole nitrogens is 1. The number of aromatic nitrogens is 2. The standard InChI is InChI=1S/C6H9N3O5S/c7-5(6(10)11)1-4-2-9(3-8-4)15(12,13)14/h2-3,5H,1,7H2,(H2,10,11,12,13,14)/p+1/t5-/m0/s1. The smallest absolute Gasteiger partial charge is 0.439 e. The number of nitrogens with two attached hydrogens (primary N) is 1. The highest BCUT2D eigenvalue weighted by atomic mass is 32.2. The maximum absolute atomic E-state index is 10.6. The number of rotatable bonds is 4. The highest BCUT2D eigenvalue weighted by Gasteiger charge is 2.20. The van der Waals surface area contributed by atoms with E-state index in [0.29, 0.717) is 9.67 Å². The van der Waals surface area contributed by atoms with Crippen molar-refractivity contribution in [3.63, 3.8) is 0 Å². The Morgan fingerprint density at radius 2 is 2.27 bits per heavy atom. The number of imidazole rings is 1. The fraction of sp³-hybridized carbons (Fsp3) is 0.333. The van der Waals surface area contributed by atoms with E-state index in [-0.39, 0.29) is 6.42 Å². The predicted molar refractivity (Wildman–Crippen MR) is 47.2 cm³/mol. The third kappa shape index (κ3) is 3.01. The predicted octanol–water partition coefficient (Wildman–Crippen LogP) is -2.09. The number of nitrogens with zero attached hydrogens (tertiary/aromatic N) is 1. The van der Waals surface area contributed by atoms with Gasteiger partial charge in [0.1, 0.15) is 11.7 Å². The first kappa shape index (κ1) is 11.6. The molecule has 1 rings (SSSR count). The Hall–Kier alpha value is -1.45. The topological polar surface area (TPSA) is 137 Å². The Kier molecular flexibility index (Phi) is 3.07. The molecule has 84 valence electrons. The number of hydrogen-bond acceptors (Lipinski definition) is 4. The van der Waals surface area contributed by atoms with Gasteiger partial charge in [-0.25, -0.2) is 4.98 Å². The number of carbonyl (C=O) groups is 1. The van der Waals surface area contributed by atoms with E-state index in [2.05, 4.69) is 4.98 Å². The first-order valence-corrected chi connectivity index (χ1v) is 5.25. The van der Waals surface area contributed by atoms with Crippen LogP contribution in [0.2, 0.25) is 0 Å². The Balaban J connectivity index is 2.82. The highest BCUT2D eigenvalue weighted by molar-refractivity contribution is 7.79. The number of carboxylic acid groups (broad SMARTS) is 1. The highest BCUT2D eigenvalue weighted by Crippen LogP contribution is 1.96. The Morgan fingerprint density at radius 3 is 2.67 bits per heavy atom. The zero-order valence-electron chi connectivity index (χ0n) is 7.49. The molecule has 0 aliphatic rings. The number of aliphatic carboxylic acids is 1. The molecule has 1 aromatic rings. The summed E-state index contributed by atoms with van der Waals surface area (Å²) in [6, 6.07) is -1.13. The van der Waals surface area contributed by atoms with Crippen LogP contribution in [0.25, 0.3) is 0 Å². The van der Waals surface area contributed by atoms with Gasteiger partial charge < -0.3 is 10.8 Å². The largest absolute Gasteiger partial charge is 0.480 e. The van der Waals surface area contributed by atoms with E-state index in [1.807, 2.05) is 0 Å². The van der Waals surface area contributed by atoms with E-state index in [4.69, 9.17) is 15.4 Å². The Labute approximate surface area is 85.2 Å². The minimum atomic E-state index is -4.34. The summed E-state index contributed by atoms with van der Waals surface area (Å²) in [5.74, 6) is -1.19. The molecule has 0 saturated carbocycles. The van der Waals surface area contributed by atoms with Gasteiger partial charge in [0.25, 0.3) is 6.33 Å². The fourth-order valence-electron chi connectivity index (χ4n) is 0.944. The van der Waals surface area contributed by atoms with Gasteiger partial charge in [0, 0.05) is 6.42 Å². The van der Waals surface area contributed by atoms with Crippen LogP contribution in [0.3, 0.4) is 0 Å². The summed E-state index contributed by atoms with van der Waals surface area (Å²) in [7, 11) is -4.34. The first-order chi connectivity index (χ1) is 6.80. The summed E-state index contributed by atoms with van der Waals surface area (Å²) < 4.78 is 30.4. The molecule has 9 heteroatoms. The fourth-order valence-corrected chi connectivity index (χ4v) is 1.39. The van der Waals surface area contributed by atoms with Gasteiger partial charge in [-0.3, -0.25) is 9.35 Å². The normalized spacial score (nSPS) is 13.7. The quantitative estimate of drug-likeness (QED) is 0.349. The zero-order chi connectivity index (χ0) is 11.6. The summed E-state index contributed by atoms with van der Waals surface area (Å²) in [5, 5.41) is 8.50. The van der Waals surface area contributed by atoms with Crippen molar-refractivity contribution in [2.45, 2.75) is 12.5 Å². The van der Waals surface area contributed by atoms with Crippen LogP contribution in [-0.2, 0) is 21.5 Å². The van der Waals surface area contributed by atoms with Crippen molar-refractivity contribution in [3.05, 3.63) is 18.2 Å². The van der Waals surface area contributed by atoms with Crippen molar-refractivity contribution in [1.29, 1.82) is 0 Å². The molecule has 0 amide bonds. The van der Waals surface area contributed by atoms with Crippen LogP contribution in [-0.4, -0.2) is 35.1 Å². The van der Waals surface area contributed by atoms with E-state index in [9.17, 15) is 13.2 Å². The van der Waals surface area contributed by atoms with Crippen LogP contribution in [0.5, 0.6) is 0 Å². The average Bonchev–Trinajstić information content (AvgIpc) is 2.51. The summed E-state index contributed by atoms with van der Waals surface area (Å²) in [6.07, 6.45) is 1.98. The Morgan fingerprint density at radius 1 is 1.67 bits per heavy atom. The van der Waals surface area contributed by atoms with E-state index < -0.39 is 22.3 Å². The molecule has 0 aliphatic carbocycles. The molecule has 1 atom stereocenters. The van der Waals surface area contributed by atoms with Gasteiger partial charge in [0.05, 0.1) is 0 Å². The lowest BCUT2D eigenvalue weighted by atomic mass is 10.2. The van der Waals surface area contributed by atoms with Gasteiger partial charge in [-0.1, -0.05) is 0 Å². The second kappa shape index (κ2) is 3.96. The van der Waals surface area contributed by atoms with E-state index in [1.165, 1.54) is 0 Å². The maximum atomic E-state index is 10.6. The van der Waals surface area contributed by atoms with Gasteiger partial charge in [0.15, 0.2) is 6.20 Å². The number of hydrogen-bond donors (Lipinski definition) is 4. The number of nitrogens with one attached hydrogen (secondary N) is 1. The molecule has 0 radical (unpaired) electrons. The van der Waals surface area contributed by atoms with Gasteiger partial charge >= 0.3 is 16.3 Å². The van der Waals surface area contributed by atoms with E-state index in [1.54, 1.807) is 0 Å². The molecule has 0 spiro atoms. The Bertz CT molecular complexity index is 465. The van der Waals surface area contributed by atoms with E-state index >= 15 is 0 Å². The summed E-state index contributed by atoms with van der Waals surface area (Å²) in [4.78, 5) is 12.9. The summed E-state index contributed by atoms with van der Waals surface area (Å²) in [6.45, 7) is 0. The summed E-state index contributed by atoms with van der Waals surface area (Å²) >= 11 is 0. The van der Waals surface area contributed by atoms with Crippen LogP contribution in [0.1, 0.15) is 5.69 Å². The first-order valence-electron chi connectivity index (χ1n) is 3.85. The van der Waals surface area contributed by atoms with Crippen LogP contribution in [0.4, 0.5) is 0 Å². The second-order valence-electron chi connectivity index (χ2n) is 2.88. The second-order valence-corrected chi connectivity index (χ2v) is 4.20. The molecule has 0 unspecified atom stereocenters. The van der Waals surface area contributed by atoms with Gasteiger partial charge in [-0.15, -0.1) is 3.97 Å². The molecular weight excluding hydrogens is 226 g/mol. The lowest BCUT2D eigenvalue weighted by Crippen LogP contribution is -2.40. The minimum absolute atomic E-state index is 0.0577. The average molecular weight is 236 g/mol. The number of aromatic amines is 1. The summed E-state index contributed by atoms with van der Waals surface area (Å²) in [5.41, 5.74) is 5.52. The van der Waals surface area contributed by atoms with Crippen molar-refractivity contribution in [1.82, 2.24) is 4.98 Å². The molecule has 0 fully saturated rings. The van der Waals surface area contributed by atoms with Crippen molar-refractivity contribution >= 4 is 16.3 Å². The molecule has 0 saturated heterocycles. The van der Waals surface area contributed by atoms with Crippen molar-refractivity contribution < 1.29 is 26.8 Å². The van der Waals surface area contributed by atoms with Crippen molar-refractivity contribution in [2.24, 2.45) is 5.73 Å². The van der Waals surface area contributed by atoms with Crippen LogP contribution >= 0.6 is 0 Å². The molecular formula is C6H10N3O5S+. The molecule has 0 bridgehead atoms. The van der Waals surface area contributed by atoms with Gasteiger partial charge in [0.2, 0.25) is 0 Å². The molecule has 5 N–H and O–H groups in total. The minimum Gasteiger partial charge on any atom is -0.480 e. The lowest BCUT2D eigenvalue weighted by Gasteiger charge is -1.99. The molecule has 1 aromatic heterocycles. The van der Waals surface area contributed by atoms with Gasteiger partial charge in [-0.05, 0) is 0 Å². The molecule has 0 aromatic carbocycles. The molecule has 0 aliphatic heterocycles. The monoisotopic (exact) mass is 236 g/mol. The van der Waals surface area contributed by atoms with Gasteiger partial charge in [-0.2, -0.15) is 8.42 Å². The van der Waals surface area contributed by atoms with Crippen molar-refractivity contribution in [2.75, 3.05) is 0 Å². The van der Waals surface area contributed by atoms with Crippen LogP contribution in [0, 0.1) is 0 Å². The lowest BCUT2D eigenvalue weighted by molar-refractivity contribution is -0.517. The van der Waals surface area contributed by atoms with Crippen molar-refractivity contribution in [3.8, 4) is 0 Å². The zero-order valence-corrected chi connectivity index (χ0v) is 8.31. The molecule has 15 heavy (non-hydrogen) atoms. The SMILES string of the molecule is N[C@@H](Cc1c[n+](S(=O)(=O)O)c[nH]1)C(=O)O. The molecule has 1 heterocycles. The number of carboxylic acids is 1.